The number of rotatable bonds is 3. The molecule has 0 aliphatic carbocycles. The number of sulfonamides is 1. The Morgan fingerprint density at radius 1 is 1.23 bits per heavy atom. The number of aromatic nitrogens is 1. The zero-order valence-corrected chi connectivity index (χ0v) is 14.4. The second-order valence-corrected chi connectivity index (χ2v) is 8.69. The Labute approximate surface area is 132 Å². The van der Waals surface area contributed by atoms with Gasteiger partial charge in [0.2, 0.25) is 10.0 Å². The van der Waals surface area contributed by atoms with Crippen LogP contribution < -0.4 is 0 Å². The zero-order chi connectivity index (χ0) is 16.0. The molecule has 0 bridgehead atoms. The molecule has 2 aliphatic rings. The van der Waals surface area contributed by atoms with Gasteiger partial charge in [-0.05, 0) is 46.1 Å². The number of hydrogen-bond acceptors (Lipinski definition) is 5. The molecule has 1 aromatic rings. The second kappa shape index (κ2) is 5.62. The van der Waals surface area contributed by atoms with Crippen LogP contribution in [0.25, 0.3) is 0 Å². The minimum atomic E-state index is -3.14. The minimum Gasteiger partial charge on any atom is -0.361 e. The van der Waals surface area contributed by atoms with Crippen LogP contribution in [0.2, 0.25) is 0 Å². The summed E-state index contributed by atoms with van der Waals surface area (Å²) in [4.78, 5) is 2.36. The minimum absolute atomic E-state index is 0.204. The van der Waals surface area contributed by atoms with Crippen molar-refractivity contribution >= 4 is 10.0 Å². The Balaban J connectivity index is 1.80. The summed E-state index contributed by atoms with van der Waals surface area (Å²) >= 11 is 0. The van der Waals surface area contributed by atoms with Crippen LogP contribution in [0.15, 0.2) is 4.52 Å². The molecule has 0 amide bonds. The number of hydrogen-bond donors (Lipinski definition) is 0. The van der Waals surface area contributed by atoms with Gasteiger partial charge in [-0.2, -0.15) is 4.31 Å². The van der Waals surface area contributed by atoms with Gasteiger partial charge in [0.15, 0.2) is 0 Å². The SMILES string of the molecule is Cc1noc(C)c1CN1CCC[C@@]2(CCCN2S(C)(=O)=O)C1. The molecule has 1 spiro atoms. The lowest BCUT2D eigenvalue weighted by atomic mass is 9.87. The first-order valence-electron chi connectivity index (χ1n) is 7.94. The lowest BCUT2D eigenvalue weighted by molar-refractivity contribution is 0.0837. The van der Waals surface area contributed by atoms with Gasteiger partial charge in [0.25, 0.3) is 0 Å². The van der Waals surface area contributed by atoms with Crippen molar-refractivity contribution in [3.63, 3.8) is 0 Å². The standard InChI is InChI=1S/C15H25N3O3S/c1-12-14(13(2)21-16-12)10-17-8-4-6-15(11-17)7-5-9-18(15)22(3,19)20/h4-11H2,1-3H3/t15-/m1/s1. The van der Waals surface area contributed by atoms with Gasteiger partial charge in [-0.15, -0.1) is 0 Å². The Kier molecular flexibility index (Phi) is 4.07. The molecule has 0 aromatic carbocycles. The van der Waals surface area contributed by atoms with E-state index in [1.165, 1.54) is 6.26 Å². The molecule has 0 saturated carbocycles. The smallest absolute Gasteiger partial charge is 0.211 e. The predicted octanol–water partition coefficient (Wildman–Crippen LogP) is 1.68. The average molecular weight is 327 g/mol. The van der Waals surface area contributed by atoms with Gasteiger partial charge in [-0.1, -0.05) is 5.16 Å². The van der Waals surface area contributed by atoms with Crippen molar-refractivity contribution in [3.8, 4) is 0 Å². The first kappa shape index (κ1) is 16.0. The predicted molar refractivity (Wildman–Crippen MR) is 84.0 cm³/mol. The van der Waals surface area contributed by atoms with Gasteiger partial charge in [-0.25, -0.2) is 8.42 Å². The van der Waals surface area contributed by atoms with Crippen LogP contribution in [0.3, 0.4) is 0 Å². The Hall–Kier alpha value is -0.920. The van der Waals surface area contributed by atoms with Gasteiger partial charge in [0.1, 0.15) is 5.76 Å². The van der Waals surface area contributed by atoms with Crippen LogP contribution in [0.1, 0.15) is 42.7 Å². The zero-order valence-electron chi connectivity index (χ0n) is 13.6. The third kappa shape index (κ3) is 2.81. The summed E-state index contributed by atoms with van der Waals surface area (Å²) in [5.41, 5.74) is 1.87. The molecule has 0 unspecified atom stereocenters. The number of piperidine rings is 1. The molecule has 3 rings (SSSR count). The van der Waals surface area contributed by atoms with E-state index >= 15 is 0 Å². The van der Waals surface area contributed by atoms with Gasteiger partial charge >= 0.3 is 0 Å². The van der Waals surface area contributed by atoms with E-state index in [9.17, 15) is 8.42 Å². The third-order valence-corrected chi connectivity index (χ3v) is 6.50. The first-order valence-corrected chi connectivity index (χ1v) is 9.79. The van der Waals surface area contributed by atoms with Crippen molar-refractivity contribution in [3.05, 3.63) is 17.0 Å². The molecule has 0 N–H and O–H groups in total. The fourth-order valence-electron chi connectivity index (χ4n) is 4.13. The highest BCUT2D eigenvalue weighted by molar-refractivity contribution is 7.88. The highest BCUT2D eigenvalue weighted by Crippen LogP contribution is 2.39. The molecule has 124 valence electrons. The molecule has 2 saturated heterocycles. The van der Waals surface area contributed by atoms with Crippen molar-refractivity contribution in [1.29, 1.82) is 0 Å². The lowest BCUT2D eigenvalue weighted by Crippen LogP contribution is -2.56. The van der Waals surface area contributed by atoms with E-state index in [-0.39, 0.29) is 5.54 Å². The van der Waals surface area contributed by atoms with Crippen molar-refractivity contribution in [2.24, 2.45) is 0 Å². The van der Waals surface area contributed by atoms with E-state index in [0.29, 0.717) is 6.54 Å². The van der Waals surface area contributed by atoms with Crippen LogP contribution in [0.4, 0.5) is 0 Å². The Morgan fingerprint density at radius 3 is 2.50 bits per heavy atom. The van der Waals surface area contributed by atoms with Gasteiger partial charge in [0.05, 0.1) is 11.9 Å². The normalized spacial score (nSPS) is 27.8. The first-order chi connectivity index (χ1) is 10.3. The third-order valence-electron chi connectivity index (χ3n) is 5.13. The Morgan fingerprint density at radius 2 is 1.91 bits per heavy atom. The molecule has 2 fully saturated rings. The van der Waals surface area contributed by atoms with Crippen molar-refractivity contribution < 1.29 is 12.9 Å². The largest absolute Gasteiger partial charge is 0.361 e. The van der Waals surface area contributed by atoms with E-state index in [4.69, 9.17) is 4.52 Å². The second-order valence-electron chi connectivity index (χ2n) is 6.78. The van der Waals surface area contributed by atoms with Crippen LogP contribution in [0, 0.1) is 13.8 Å². The topological polar surface area (TPSA) is 66.7 Å². The van der Waals surface area contributed by atoms with Crippen molar-refractivity contribution in [2.75, 3.05) is 25.9 Å². The van der Waals surface area contributed by atoms with Gasteiger partial charge in [-0.3, -0.25) is 4.90 Å². The van der Waals surface area contributed by atoms with E-state index in [1.807, 2.05) is 13.8 Å². The molecule has 2 aliphatic heterocycles. The summed E-state index contributed by atoms with van der Waals surface area (Å²) in [7, 11) is -3.14. The summed E-state index contributed by atoms with van der Waals surface area (Å²) < 4.78 is 31.2. The molecule has 3 heterocycles. The molecule has 7 heteroatoms. The van der Waals surface area contributed by atoms with Gasteiger partial charge in [0, 0.05) is 30.7 Å². The monoisotopic (exact) mass is 327 g/mol. The summed E-state index contributed by atoms with van der Waals surface area (Å²) in [6.07, 6.45) is 5.28. The maximum Gasteiger partial charge on any atom is 0.211 e. The van der Waals surface area contributed by atoms with E-state index in [0.717, 1.165) is 62.3 Å². The van der Waals surface area contributed by atoms with E-state index < -0.39 is 10.0 Å². The fourth-order valence-corrected chi connectivity index (χ4v) is 5.54. The van der Waals surface area contributed by atoms with Crippen LogP contribution >= 0.6 is 0 Å². The maximum atomic E-state index is 12.1. The van der Waals surface area contributed by atoms with E-state index in [1.54, 1.807) is 4.31 Å². The Bertz CT molecular complexity index is 635. The quantitative estimate of drug-likeness (QED) is 0.845. The maximum absolute atomic E-state index is 12.1. The van der Waals surface area contributed by atoms with Crippen LogP contribution in [-0.2, 0) is 16.6 Å². The number of nitrogens with zero attached hydrogens (tertiary/aromatic N) is 3. The molecular formula is C15H25N3O3S. The average Bonchev–Trinajstić information content (AvgIpc) is 2.97. The fraction of sp³-hybridized carbons (Fsp3) is 0.800. The molecule has 22 heavy (non-hydrogen) atoms. The summed E-state index contributed by atoms with van der Waals surface area (Å²) in [6.45, 7) is 7.17. The number of aryl methyl sites for hydroxylation is 2. The number of likely N-dealkylation sites (tertiary alicyclic amines) is 1. The van der Waals surface area contributed by atoms with Crippen molar-refractivity contribution in [1.82, 2.24) is 14.4 Å². The molecule has 6 nitrogen and oxygen atoms in total. The molecule has 0 radical (unpaired) electrons. The van der Waals surface area contributed by atoms with E-state index in [2.05, 4.69) is 10.1 Å². The van der Waals surface area contributed by atoms with Crippen LogP contribution in [0.5, 0.6) is 0 Å². The summed E-state index contributed by atoms with van der Waals surface area (Å²) in [6, 6.07) is 0. The molecule has 1 atom stereocenters. The van der Waals surface area contributed by atoms with Crippen LogP contribution in [-0.4, -0.2) is 54.2 Å². The highest BCUT2D eigenvalue weighted by atomic mass is 32.2. The van der Waals surface area contributed by atoms with Crippen molar-refractivity contribution in [2.45, 2.75) is 51.6 Å². The molecular weight excluding hydrogens is 302 g/mol. The molecule has 1 aromatic heterocycles. The summed E-state index contributed by atoms with van der Waals surface area (Å²) in [5, 5.41) is 4.02. The van der Waals surface area contributed by atoms with Gasteiger partial charge < -0.3 is 4.52 Å². The highest BCUT2D eigenvalue weighted by Gasteiger charge is 2.47. The lowest BCUT2D eigenvalue weighted by Gasteiger charge is -2.44. The summed E-state index contributed by atoms with van der Waals surface area (Å²) in [5.74, 6) is 0.864.